The van der Waals surface area contributed by atoms with Crippen LogP contribution >= 0.6 is 15.9 Å². The van der Waals surface area contributed by atoms with Crippen LogP contribution in [0.4, 0.5) is 5.69 Å². The second kappa shape index (κ2) is 7.81. The molecular weight excluding hydrogens is 434 g/mol. The van der Waals surface area contributed by atoms with Crippen LogP contribution in [0.3, 0.4) is 0 Å². The van der Waals surface area contributed by atoms with Crippen molar-refractivity contribution in [2.24, 2.45) is 0 Å². The van der Waals surface area contributed by atoms with Crippen molar-refractivity contribution >= 4 is 39.4 Å². The Morgan fingerprint density at radius 2 is 1.93 bits per heavy atom. The van der Waals surface area contributed by atoms with Gasteiger partial charge < -0.3 is 14.4 Å². The molecule has 1 amide bonds. The molecule has 0 spiro atoms. The number of carbonyl (C=O) groups excluding carboxylic acids is 2. The number of rotatable bonds is 6. The Hall–Kier alpha value is -2.96. The van der Waals surface area contributed by atoms with Crippen molar-refractivity contribution in [3.63, 3.8) is 0 Å². The topological polar surface area (TPSA) is 70.7 Å². The van der Waals surface area contributed by atoms with Gasteiger partial charge >= 0.3 is 0 Å². The summed E-state index contributed by atoms with van der Waals surface area (Å²) >= 11 is 3.39. The summed E-state index contributed by atoms with van der Waals surface area (Å²) in [7, 11) is 0. The lowest BCUT2D eigenvalue weighted by atomic mass is 9.90. The fourth-order valence-electron chi connectivity index (χ4n) is 3.49. The number of ketones is 1. The monoisotopic (exact) mass is 451 g/mol. The lowest BCUT2D eigenvalue weighted by Gasteiger charge is -2.22. The van der Waals surface area contributed by atoms with Gasteiger partial charge in [-0.15, -0.1) is 0 Å². The summed E-state index contributed by atoms with van der Waals surface area (Å²) in [6.45, 7) is 0.313. The number of amides is 1. The highest BCUT2D eigenvalue weighted by molar-refractivity contribution is 9.10. The van der Waals surface area contributed by atoms with Gasteiger partial charge in [-0.05, 0) is 48.0 Å². The highest BCUT2D eigenvalue weighted by Gasteiger charge is 2.50. The van der Waals surface area contributed by atoms with E-state index in [0.717, 1.165) is 10.0 Å². The van der Waals surface area contributed by atoms with Crippen LogP contribution in [0.5, 0.6) is 0 Å². The smallest absolute Gasteiger partial charge is 0.264 e. The van der Waals surface area contributed by atoms with Gasteiger partial charge in [-0.3, -0.25) is 9.59 Å². The molecule has 1 atom stereocenters. The van der Waals surface area contributed by atoms with Crippen LogP contribution in [-0.2, 0) is 21.7 Å². The van der Waals surface area contributed by atoms with Crippen molar-refractivity contribution in [3.05, 3.63) is 94.4 Å². The first kappa shape index (κ1) is 19.4. The van der Waals surface area contributed by atoms with E-state index in [1.54, 1.807) is 24.3 Å². The zero-order valence-electron chi connectivity index (χ0n) is 15.4. The Labute approximate surface area is 176 Å². The summed E-state index contributed by atoms with van der Waals surface area (Å²) < 4.78 is 5.90. The molecule has 0 bridgehead atoms. The lowest BCUT2D eigenvalue weighted by molar-refractivity contribution is -0.140. The molecule has 0 radical (unpaired) electrons. The molecule has 1 aliphatic heterocycles. The maximum atomic E-state index is 13.2. The van der Waals surface area contributed by atoms with Crippen LogP contribution in [0, 0.1) is 0 Å². The Kier molecular flexibility index (Phi) is 5.22. The standard InChI is InChI=1S/C23H18BrNO4/c24-17-8-11-21-20(13-17)23(28,14-18(26)9-10-19-7-4-12-29-19)22(27)25(21)15-16-5-2-1-3-6-16/h1-13,28H,14-15H2/b10-9+/t23-/m0/s1. The molecule has 0 unspecified atom stereocenters. The largest absolute Gasteiger partial charge is 0.465 e. The summed E-state index contributed by atoms with van der Waals surface area (Å²) in [6, 6.07) is 18.3. The predicted molar refractivity (Wildman–Crippen MR) is 113 cm³/mol. The van der Waals surface area contributed by atoms with Crippen molar-refractivity contribution in [2.75, 3.05) is 4.90 Å². The normalized spacial score (nSPS) is 18.4. The van der Waals surface area contributed by atoms with Gasteiger partial charge in [0.25, 0.3) is 5.91 Å². The fourth-order valence-corrected chi connectivity index (χ4v) is 3.85. The third-order valence-electron chi connectivity index (χ3n) is 4.88. The maximum absolute atomic E-state index is 13.2. The van der Waals surface area contributed by atoms with Crippen LogP contribution in [0.25, 0.3) is 6.08 Å². The summed E-state index contributed by atoms with van der Waals surface area (Å²) in [5, 5.41) is 11.3. The number of fused-ring (bicyclic) bond motifs is 1. The molecule has 1 aromatic heterocycles. The van der Waals surface area contributed by atoms with Crippen molar-refractivity contribution in [1.29, 1.82) is 0 Å². The van der Waals surface area contributed by atoms with Crippen molar-refractivity contribution in [2.45, 2.75) is 18.6 Å². The predicted octanol–water partition coefficient (Wildman–Crippen LogP) is 4.45. The molecule has 6 heteroatoms. The molecule has 29 heavy (non-hydrogen) atoms. The molecule has 5 nitrogen and oxygen atoms in total. The third-order valence-corrected chi connectivity index (χ3v) is 5.38. The minimum Gasteiger partial charge on any atom is -0.465 e. The van der Waals surface area contributed by atoms with Gasteiger partial charge in [0.15, 0.2) is 11.4 Å². The van der Waals surface area contributed by atoms with Gasteiger partial charge in [0.2, 0.25) is 0 Å². The molecule has 1 N–H and O–H groups in total. The molecule has 3 aromatic rings. The molecule has 1 aliphatic rings. The third kappa shape index (κ3) is 3.81. The minimum absolute atomic E-state index is 0.313. The van der Waals surface area contributed by atoms with E-state index in [9.17, 15) is 14.7 Å². The number of furan rings is 1. The van der Waals surface area contributed by atoms with Gasteiger partial charge in [0.05, 0.1) is 24.9 Å². The summed E-state index contributed by atoms with van der Waals surface area (Å²) in [5.41, 5.74) is 0.0429. The van der Waals surface area contributed by atoms with Crippen LogP contribution in [0.1, 0.15) is 23.3 Å². The number of carbonyl (C=O) groups is 2. The number of aliphatic hydroxyl groups is 1. The Morgan fingerprint density at radius 3 is 2.66 bits per heavy atom. The van der Waals surface area contributed by atoms with E-state index < -0.39 is 11.5 Å². The molecule has 2 aromatic carbocycles. The van der Waals surface area contributed by atoms with Gasteiger partial charge in [0, 0.05) is 10.0 Å². The fraction of sp³-hybridized carbons (Fsp3) is 0.130. The highest BCUT2D eigenvalue weighted by atomic mass is 79.9. The Morgan fingerprint density at radius 1 is 1.14 bits per heavy atom. The van der Waals surface area contributed by atoms with E-state index in [4.69, 9.17) is 4.42 Å². The van der Waals surface area contributed by atoms with Crippen LogP contribution < -0.4 is 4.90 Å². The molecule has 0 fully saturated rings. The lowest BCUT2D eigenvalue weighted by Crippen LogP contribution is -2.41. The average Bonchev–Trinajstić information content (AvgIpc) is 3.30. The zero-order valence-corrected chi connectivity index (χ0v) is 17.0. The second-order valence-corrected chi connectivity index (χ2v) is 7.81. The first-order valence-corrected chi connectivity index (χ1v) is 9.89. The number of allylic oxidation sites excluding steroid dienone is 1. The van der Waals surface area contributed by atoms with Gasteiger partial charge in [0.1, 0.15) is 5.76 Å². The molecule has 4 rings (SSSR count). The summed E-state index contributed by atoms with van der Waals surface area (Å²) in [4.78, 5) is 27.3. The molecule has 0 aliphatic carbocycles. The average molecular weight is 452 g/mol. The number of hydrogen-bond acceptors (Lipinski definition) is 4. The second-order valence-electron chi connectivity index (χ2n) is 6.89. The molecule has 0 saturated heterocycles. The first-order valence-electron chi connectivity index (χ1n) is 9.10. The molecule has 0 saturated carbocycles. The quantitative estimate of drug-likeness (QED) is 0.562. The van der Waals surface area contributed by atoms with Crippen LogP contribution in [0.2, 0.25) is 0 Å². The Balaban J connectivity index is 1.64. The van der Waals surface area contributed by atoms with Crippen molar-refractivity contribution in [1.82, 2.24) is 0 Å². The van der Waals surface area contributed by atoms with Crippen molar-refractivity contribution < 1.29 is 19.1 Å². The maximum Gasteiger partial charge on any atom is 0.264 e. The van der Waals surface area contributed by atoms with Crippen LogP contribution in [-0.4, -0.2) is 16.8 Å². The van der Waals surface area contributed by atoms with E-state index in [0.29, 0.717) is 23.6 Å². The zero-order chi connectivity index (χ0) is 20.4. The number of nitrogens with zero attached hydrogens (tertiary/aromatic N) is 1. The number of benzene rings is 2. The van der Waals surface area contributed by atoms with E-state index in [1.807, 2.05) is 36.4 Å². The van der Waals surface area contributed by atoms with Gasteiger partial charge in [-0.25, -0.2) is 0 Å². The summed E-state index contributed by atoms with van der Waals surface area (Å²) in [5.74, 6) is -0.351. The Bertz CT molecular complexity index is 1080. The SMILES string of the molecule is O=C(/C=C/c1ccco1)C[C@@]1(O)C(=O)N(Cc2ccccc2)c2ccc(Br)cc21. The van der Waals surface area contributed by atoms with E-state index in [1.165, 1.54) is 23.3 Å². The van der Waals surface area contributed by atoms with E-state index >= 15 is 0 Å². The number of hydrogen-bond donors (Lipinski definition) is 1. The molecular formula is C23H18BrNO4. The van der Waals surface area contributed by atoms with Gasteiger partial charge in [-0.2, -0.15) is 0 Å². The first-order chi connectivity index (χ1) is 14.0. The number of anilines is 1. The minimum atomic E-state index is -1.92. The summed E-state index contributed by atoms with van der Waals surface area (Å²) in [6.07, 6.45) is 4.00. The van der Waals surface area contributed by atoms with Crippen LogP contribution in [0.15, 0.2) is 81.9 Å². The van der Waals surface area contributed by atoms with E-state index in [-0.39, 0.29) is 12.2 Å². The highest BCUT2D eigenvalue weighted by Crippen LogP contribution is 2.44. The molecule has 2 heterocycles. The van der Waals surface area contributed by atoms with Crippen molar-refractivity contribution in [3.8, 4) is 0 Å². The number of halogens is 1. The van der Waals surface area contributed by atoms with E-state index in [2.05, 4.69) is 15.9 Å². The van der Waals surface area contributed by atoms with Gasteiger partial charge in [-0.1, -0.05) is 46.3 Å². The molecule has 146 valence electrons.